The van der Waals surface area contributed by atoms with Crippen molar-refractivity contribution in [3.8, 4) is 0 Å². The lowest BCUT2D eigenvalue weighted by molar-refractivity contribution is -0.158. The average Bonchev–Trinajstić information content (AvgIpc) is 2.98. The normalized spacial score (nSPS) is 25.2. The summed E-state index contributed by atoms with van der Waals surface area (Å²) in [6, 6.07) is 4.66. The van der Waals surface area contributed by atoms with Crippen molar-refractivity contribution in [2.45, 2.75) is 63.7 Å². The summed E-state index contributed by atoms with van der Waals surface area (Å²) in [6.07, 6.45) is 4.47. The first kappa shape index (κ1) is 17.3. The molecule has 1 aromatic heterocycles. The van der Waals surface area contributed by atoms with Gasteiger partial charge in [-0.2, -0.15) is 0 Å². The van der Waals surface area contributed by atoms with Crippen LogP contribution in [-0.4, -0.2) is 39.0 Å². The molecule has 1 atom stereocenters. The molecule has 26 heavy (non-hydrogen) atoms. The highest BCUT2D eigenvalue weighted by Crippen LogP contribution is 2.47. The van der Waals surface area contributed by atoms with E-state index in [0.717, 1.165) is 41.4 Å². The molecule has 2 aromatic rings. The maximum atomic E-state index is 13.7. The highest BCUT2D eigenvalue weighted by molar-refractivity contribution is 5.84. The number of ether oxygens (including phenoxy) is 1. The number of hydrogen-bond acceptors (Lipinski definition) is 3. The third kappa shape index (κ3) is 2.50. The van der Waals surface area contributed by atoms with Gasteiger partial charge in [-0.1, -0.05) is 6.42 Å². The molecule has 2 N–H and O–H groups in total. The number of benzene rings is 1. The van der Waals surface area contributed by atoms with Crippen LogP contribution in [0.1, 0.15) is 50.3 Å². The van der Waals surface area contributed by atoms with Crippen molar-refractivity contribution in [1.29, 1.82) is 0 Å². The van der Waals surface area contributed by atoms with Crippen LogP contribution in [0.25, 0.3) is 10.9 Å². The summed E-state index contributed by atoms with van der Waals surface area (Å²) in [5, 5.41) is 12.0. The predicted molar refractivity (Wildman–Crippen MR) is 96.3 cm³/mol. The van der Waals surface area contributed by atoms with Gasteiger partial charge < -0.3 is 14.8 Å². The molecule has 1 aromatic carbocycles. The van der Waals surface area contributed by atoms with E-state index in [4.69, 9.17) is 4.74 Å². The first-order valence-electron chi connectivity index (χ1n) is 9.34. The van der Waals surface area contributed by atoms with E-state index in [-0.39, 0.29) is 5.82 Å². The second kappa shape index (κ2) is 5.98. The third-order valence-electron chi connectivity index (χ3n) is 6.22. The first-order valence-corrected chi connectivity index (χ1v) is 9.34. The Labute approximate surface area is 152 Å². The van der Waals surface area contributed by atoms with Crippen molar-refractivity contribution >= 4 is 17.0 Å². The first-order chi connectivity index (χ1) is 12.3. The molecule has 0 unspecified atom stereocenters. The van der Waals surface area contributed by atoms with Crippen LogP contribution < -0.4 is 0 Å². The Balaban J connectivity index is 1.59. The number of H-pyrrole nitrogens is 1. The number of carbonyl (C=O) groups excluding carboxylic acids is 1. The van der Waals surface area contributed by atoms with Crippen LogP contribution in [0.4, 0.5) is 9.18 Å². The number of hydrogen-bond donors (Lipinski definition) is 2. The van der Waals surface area contributed by atoms with Gasteiger partial charge in [0, 0.05) is 23.1 Å². The molecule has 0 bridgehead atoms. The quantitative estimate of drug-likeness (QED) is 0.869. The summed E-state index contributed by atoms with van der Waals surface area (Å²) in [4.78, 5) is 17.2. The lowest BCUT2D eigenvalue weighted by atomic mass is 9.77. The van der Waals surface area contributed by atoms with Crippen molar-refractivity contribution in [2.24, 2.45) is 0 Å². The molecular formula is C20H25FN2O3. The molecule has 5 nitrogen and oxygen atoms in total. The molecule has 1 amide bonds. The standard InChI is InChI=1S/C20H25FN2O3/c1-13-15(16-12-14(21)6-7-17(16)22-13)8-11-23-18(24)26-20(19(23,2)25)9-4-3-5-10-20/h6-7,12,22,25H,3-5,8-11H2,1-2H3/t19-/m1/s1. The van der Waals surface area contributed by atoms with Gasteiger partial charge >= 0.3 is 6.09 Å². The fourth-order valence-electron chi connectivity index (χ4n) is 4.65. The van der Waals surface area contributed by atoms with Crippen molar-refractivity contribution in [2.75, 3.05) is 6.54 Å². The number of aryl methyl sites for hydroxylation is 1. The van der Waals surface area contributed by atoms with Crippen molar-refractivity contribution in [3.63, 3.8) is 0 Å². The van der Waals surface area contributed by atoms with E-state index in [1.54, 1.807) is 13.0 Å². The zero-order chi connectivity index (χ0) is 18.5. The number of nitrogens with one attached hydrogen (secondary N) is 1. The molecule has 1 saturated carbocycles. The number of fused-ring (bicyclic) bond motifs is 1. The Morgan fingerprint density at radius 2 is 2.04 bits per heavy atom. The van der Waals surface area contributed by atoms with Gasteiger partial charge in [-0.3, -0.25) is 4.90 Å². The van der Waals surface area contributed by atoms with Crippen molar-refractivity contribution < 1.29 is 19.0 Å². The average molecular weight is 360 g/mol. The topological polar surface area (TPSA) is 65.6 Å². The molecule has 6 heteroatoms. The number of amides is 1. The third-order valence-corrected chi connectivity index (χ3v) is 6.22. The van der Waals surface area contributed by atoms with E-state index in [0.29, 0.717) is 25.8 Å². The van der Waals surface area contributed by atoms with Crippen LogP contribution in [0, 0.1) is 12.7 Å². The molecule has 1 aliphatic heterocycles. The van der Waals surface area contributed by atoms with E-state index in [9.17, 15) is 14.3 Å². The van der Waals surface area contributed by atoms with Crippen molar-refractivity contribution in [3.05, 3.63) is 35.3 Å². The maximum absolute atomic E-state index is 13.7. The van der Waals surface area contributed by atoms with Crippen LogP contribution in [0.2, 0.25) is 0 Å². The molecule has 4 rings (SSSR count). The molecular weight excluding hydrogens is 335 g/mol. The van der Waals surface area contributed by atoms with E-state index in [1.807, 2.05) is 6.92 Å². The summed E-state index contributed by atoms with van der Waals surface area (Å²) < 4.78 is 19.3. The van der Waals surface area contributed by atoms with Crippen LogP contribution in [0.3, 0.4) is 0 Å². The highest BCUT2D eigenvalue weighted by Gasteiger charge is 2.61. The lowest BCUT2D eigenvalue weighted by Gasteiger charge is -2.42. The molecule has 2 fully saturated rings. The van der Waals surface area contributed by atoms with Gasteiger partial charge in [0.2, 0.25) is 0 Å². The Morgan fingerprint density at radius 1 is 1.31 bits per heavy atom. The van der Waals surface area contributed by atoms with Crippen LogP contribution in [0.15, 0.2) is 18.2 Å². The number of aliphatic hydroxyl groups is 1. The van der Waals surface area contributed by atoms with Crippen LogP contribution in [0.5, 0.6) is 0 Å². The molecule has 2 heterocycles. The van der Waals surface area contributed by atoms with Gasteiger partial charge in [0.05, 0.1) is 0 Å². The van der Waals surface area contributed by atoms with Crippen LogP contribution in [-0.2, 0) is 11.2 Å². The summed E-state index contributed by atoms with van der Waals surface area (Å²) in [5.41, 5.74) is 0.663. The zero-order valence-electron chi connectivity index (χ0n) is 15.3. The van der Waals surface area contributed by atoms with Gasteiger partial charge in [0.25, 0.3) is 0 Å². The number of halogens is 1. The second-order valence-electron chi connectivity index (χ2n) is 7.76. The summed E-state index contributed by atoms with van der Waals surface area (Å²) >= 11 is 0. The minimum atomic E-state index is -1.32. The molecule has 140 valence electrons. The van der Waals surface area contributed by atoms with Gasteiger partial charge in [-0.15, -0.1) is 0 Å². The van der Waals surface area contributed by atoms with Gasteiger partial charge in [0.15, 0.2) is 11.3 Å². The van der Waals surface area contributed by atoms with Crippen LogP contribution >= 0.6 is 0 Å². The Morgan fingerprint density at radius 3 is 2.77 bits per heavy atom. The summed E-state index contributed by atoms with van der Waals surface area (Å²) in [6.45, 7) is 3.96. The Bertz CT molecular complexity index is 852. The predicted octanol–water partition coefficient (Wildman–Crippen LogP) is 4.02. The fourth-order valence-corrected chi connectivity index (χ4v) is 4.65. The van der Waals surface area contributed by atoms with E-state index >= 15 is 0 Å². The highest BCUT2D eigenvalue weighted by atomic mass is 19.1. The number of carbonyl (C=O) groups is 1. The largest absolute Gasteiger partial charge is 0.438 e. The smallest absolute Gasteiger partial charge is 0.412 e. The Kier molecular flexibility index (Phi) is 3.99. The summed E-state index contributed by atoms with van der Waals surface area (Å²) in [7, 11) is 0. The second-order valence-corrected chi connectivity index (χ2v) is 7.76. The molecule has 1 spiro atoms. The number of aromatic amines is 1. The van der Waals surface area contributed by atoms with E-state index < -0.39 is 17.4 Å². The number of nitrogens with zero attached hydrogens (tertiary/aromatic N) is 1. The monoisotopic (exact) mass is 360 g/mol. The molecule has 2 aliphatic rings. The number of aromatic nitrogens is 1. The zero-order valence-corrected chi connectivity index (χ0v) is 15.3. The molecule has 1 aliphatic carbocycles. The number of rotatable bonds is 3. The van der Waals surface area contributed by atoms with Gasteiger partial charge in [-0.25, -0.2) is 9.18 Å². The van der Waals surface area contributed by atoms with E-state index in [2.05, 4.69) is 4.98 Å². The fraction of sp³-hybridized carbons (Fsp3) is 0.550. The summed E-state index contributed by atoms with van der Waals surface area (Å²) in [5.74, 6) is -0.286. The lowest BCUT2D eigenvalue weighted by Crippen LogP contribution is -2.57. The van der Waals surface area contributed by atoms with Gasteiger partial charge in [-0.05, 0) is 69.7 Å². The van der Waals surface area contributed by atoms with Crippen molar-refractivity contribution in [1.82, 2.24) is 9.88 Å². The maximum Gasteiger partial charge on any atom is 0.412 e. The van der Waals surface area contributed by atoms with E-state index in [1.165, 1.54) is 17.0 Å². The van der Waals surface area contributed by atoms with Gasteiger partial charge in [0.1, 0.15) is 5.82 Å². The molecule has 1 saturated heterocycles. The Hall–Kier alpha value is -2.08. The SMILES string of the molecule is Cc1[nH]c2ccc(F)cc2c1CCN1C(=O)OC2(CCCCC2)[C@@]1(C)O. The minimum Gasteiger partial charge on any atom is -0.438 e. The molecule has 0 radical (unpaired) electrons. The minimum absolute atomic E-state index is 0.286.